The van der Waals surface area contributed by atoms with Crippen LogP contribution in [0.3, 0.4) is 0 Å². The molecule has 0 heterocycles. The second-order valence-electron chi connectivity index (χ2n) is 4.33. The van der Waals surface area contributed by atoms with Gasteiger partial charge in [-0.1, -0.05) is 0 Å². The van der Waals surface area contributed by atoms with Gasteiger partial charge in [-0.3, -0.25) is 9.63 Å². The third-order valence-electron chi connectivity index (χ3n) is 1.65. The average molecular weight is 232 g/mol. The predicted molar refractivity (Wildman–Crippen MR) is 58.6 cm³/mol. The van der Waals surface area contributed by atoms with Crippen LogP contribution in [-0.2, 0) is 14.4 Å². The smallest absolute Gasteiger partial charge is 0.407 e. The highest BCUT2D eigenvalue weighted by Gasteiger charge is 2.15. The Kier molecular flexibility index (Phi) is 5.81. The molecule has 0 saturated carbocycles. The monoisotopic (exact) mass is 232 g/mol. The zero-order valence-electron chi connectivity index (χ0n) is 10.5. The highest BCUT2D eigenvalue weighted by Crippen LogP contribution is 1.99. The number of ether oxygens (including phenoxy) is 1. The Balaban J connectivity index is 3.75. The molecule has 6 heteroatoms. The highest BCUT2D eigenvalue weighted by molar-refractivity contribution is 5.75. The standard InChI is InChI=1S/C10H20N2O4/c1-10(2,3)11-9(14)16-7-6-8(13)12(4)15-5/h6-7H2,1-5H3,(H,11,14). The lowest BCUT2D eigenvalue weighted by Crippen LogP contribution is -2.41. The number of carbonyl (C=O) groups excluding carboxylic acids is 2. The number of amides is 2. The maximum Gasteiger partial charge on any atom is 0.407 e. The van der Waals surface area contributed by atoms with Crippen LogP contribution in [0.25, 0.3) is 0 Å². The van der Waals surface area contributed by atoms with Gasteiger partial charge in [0.25, 0.3) is 0 Å². The molecule has 0 aliphatic carbocycles. The van der Waals surface area contributed by atoms with Crippen molar-refractivity contribution in [3.8, 4) is 0 Å². The Morgan fingerprint density at radius 2 is 1.88 bits per heavy atom. The van der Waals surface area contributed by atoms with Crippen LogP contribution in [0.2, 0.25) is 0 Å². The quantitative estimate of drug-likeness (QED) is 0.732. The molecule has 6 nitrogen and oxygen atoms in total. The number of rotatable bonds is 4. The Bertz CT molecular complexity index is 248. The molecule has 0 aromatic heterocycles. The number of hydrogen-bond donors (Lipinski definition) is 1. The number of hydrogen-bond acceptors (Lipinski definition) is 4. The van der Waals surface area contributed by atoms with E-state index in [-0.39, 0.29) is 24.5 Å². The van der Waals surface area contributed by atoms with E-state index >= 15 is 0 Å². The summed E-state index contributed by atoms with van der Waals surface area (Å²) < 4.78 is 4.83. The third-order valence-corrected chi connectivity index (χ3v) is 1.65. The second-order valence-corrected chi connectivity index (χ2v) is 4.33. The van der Waals surface area contributed by atoms with Gasteiger partial charge in [0.05, 0.1) is 13.5 Å². The first-order chi connectivity index (χ1) is 7.26. The van der Waals surface area contributed by atoms with Gasteiger partial charge >= 0.3 is 6.09 Å². The molecule has 94 valence electrons. The van der Waals surface area contributed by atoms with Crippen LogP contribution >= 0.6 is 0 Å². The zero-order chi connectivity index (χ0) is 12.8. The van der Waals surface area contributed by atoms with Gasteiger partial charge in [-0.2, -0.15) is 0 Å². The lowest BCUT2D eigenvalue weighted by atomic mass is 10.1. The van der Waals surface area contributed by atoms with Gasteiger partial charge in [0.2, 0.25) is 5.91 Å². The molecule has 0 bridgehead atoms. The summed E-state index contributed by atoms with van der Waals surface area (Å²) >= 11 is 0. The molecule has 16 heavy (non-hydrogen) atoms. The van der Waals surface area contributed by atoms with Crippen LogP contribution < -0.4 is 5.32 Å². The number of carbonyl (C=O) groups is 2. The molecule has 0 spiro atoms. The van der Waals surface area contributed by atoms with Crippen molar-refractivity contribution in [3.05, 3.63) is 0 Å². The van der Waals surface area contributed by atoms with Crippen molar-refractivity contribution in [2.45, 2.75) is 32.7 Å². The van der Waals surface area contributed by atoms with E-state index in [0.717, 1.165) is 5.06 Å². The Labute approximate surface area is 95.8 Å². The summed E-state index contributed by atoms with van der Waals surface area (Å²) in [5.74, 6) is -0.244. The normalized spacial score (nSPS) is 10.8. The molecule has 0 aliphatic rings. The van der Waals surface area contributed by atoms with Crippen LogP contribution in [0.15, 0.2) is 0 Å². The van der Waals surface area contributed by atoms with E-state index in [0.29, 0.717) is 0 Å². The summed E-state index contributed by atoms with van der Waals surface area (Å²) in [6.07, 6.45) is -0.428. The largest absolute Gasteiger partial charge is 0.449 e. The van der Waals surface area contributed by atoms with E-state index in [1.807, 2.05) is 20.8 Å². The van der Waals surface area contributed by atoms with Crippen molar-refractivity contribution in [1.82, 2.24) is 10.4 Å². The fraction of sp³-hybridized carbons (Fsp3) is 0.800. The van der Waals surface area contributed by atoms with Crippen molar-refractivity contribution in [2.24, 2.45) is 0 Å². The van der Waals surface area contributed by atoms with Gasteiger partial charge in [0.1, 0.15) is 6.61 Å². The van der Waals surface area contributed by atoms with E-state index in [4.69, 9.17) is 4.74 Å². The molecule has 0 rings (SSSR count). The number of nitrogens with one attached hydrogen (secondary N) is 1. The molecule has 0 aromatic carbocycles. The molecule has 2 amide bonds. The van der Waals surface area contributed by atoms with Crippen molar-refractivity contribution in [2.75, 3.05) is 20.8 Å². The molecular formula is C10H20N2O4. The first-order valence-corrected chi connectivity index (χ1v) is 5.02. The molecule has 0 saturated heterocycles. The van der Waals surface area contributed by atoms with Crippen LogP contribution in [-0.4, -0.2) is 43.4 Å². The summed E-state index contributed by atoms with van der Waals surface area (Å²) in [5, 5.41) is 3.71. The topological polar surface area (TPSA) is 67.9 Å². The van der Waals surface area contributed by atoms with Gasteiger partial charge in [-0.05, 0) is 20.8 Å². The summed E-state index contributed by atoms with van der Waals surface area (Å²) in [7, 11) is 2.89. The molecule has 0 aliphatic heterocycles. The summed E-state index contributed by atoms with van der Waals surface area (Å²) in [5.41, 5.74) is -0.343. The van der Waals surface area contributed by atoms with Gasteiger partial charge < -0.3 is 10.1 Å². The average Bonchev–Trinajstić information content (AvgIpc) is 2.13. The first-order valence-electron chi connectivity index (χ1n) is 5.02. The SMILES string of the molecule is CON(C)C(=O)CCOC(=O)NC(C)(C)C. The number of hydroxylamine groups is 2. The zero-order valence-corrected chi connectivity index (χ0v) is 10.5. The van der Waals surface area contributed by atoms with Gasteiger partial charge in [0.15, 0.2) is 0 Å². The van der Waals surface area contributed by atoms with E-state index in [2.05, 4.69) is 10.2 Å². The minimum Gasteiger partial charge on any atom is -0.449 e. The first kappa shape index (κ1) is 14.7. The summed E-state index contributed by atoms with van der Waals surface area (Å²) in [6.45, 7) is 5.57. The highest BCUT2D eigenvalue weighted by atomic mass is 16.7. The fourth-order valence-corrected chi connectivity index (χ4v) is 0.833. The third kappa shape index (κ3) is 7.05. The maximum atomic E-state index is 11.2. The maximum absolute atomic E-state index is 11.2. The number of alkyl carbamates (subject to hydrolysis) is 1. The molecule has 0 aromatic rings. The molecular weight excluding hydrogens is 212 g/mol. The van der Waals surface area contributed by atoms with Gasteiger partial charge in [-0.15, -0.1) is 0 Å². The van der Waals surface area contributed by atoms with Crippen LogP contribution in [0.5, 0.6) is 0 Å². The van der Waals surface area contributed by atoms with E-state index in [1.165, 1.54) is 14.2 Å². The van der Waals surface area contributed by atoms with E-state index in [9.17, 15) is 9.59 Å². The molecule has 1 N–H and O–H groups in total. The lowest BCUT2D eigenvalue weighted by Gasteiger charge is -2.20. The predicted octanol–water partition coefficient (Wildman–Crippen LogP) is 0.921. The Morgan fingerprint density at radius 3 is 2.31 bits per heavy atom. The lowest BCUT2D eigenvalue weighted by molar-refractivity contribution is -0.169. The molecule has 0 atom stereocenters. The Hall–Kier alpha value is -1.30. The number of nitrogens with zero attached hydrogens (tertiary/aromatic N) is 1. The second kappa shape index (κ2) is 6.32. The van der Waals surface area contributed by atoms with Crippen LogP contribution in [0.4, 0.5) is 4.79 Å². The van der Waals surface area contributed by atoms with Crippen molar-refractivity contribution in [1.29, 1.82) is 0 Å². The van der Waals surface area contributed by atoms with Gasteiger partial charge in [-0.25, -0.2) is 9.86 Å². The summed E-state index contributed by atoms with van der Waals surface area (Å²) in [4.78, 5) is 27.1. The van der Waals surface area contributed by atoms with E-state index in [1.54, 1.807) is 0 Å². The van der Waals surface area contributed by atoms with Crippen molar-refractivity contribution < 1.29 is 19.2 Å². The Morgan fingerprint density at radius 1 is 1.31 bits per heavy atom. The van der Waals surface area contributed by atoms with Crippen LogP contribution in [0, 0.1) is 0 Å². The fourth-order valence-electron chi connectivity index (χ4n) is 0.833. The minimum absolute atomic E-state index is 0.0362. The van der Waals surface area contributed by atoms with E-state index < -0.39 is 6.09 Å². The van der Waals surface area contributed by atoms with Crippen LogP contribution in [0.1, 0.15) is 27.2 Å². The van der Waals surface area contributed by atoms with Gasteiger partial charge in [0, 0.05) is 12.6 Å². The minimum atomic E-state index is -0.527. The molecule has 0 fully saturated rings. The molecule has 0 radical (unpaired) electrons. The molecule has 0 unspecified atom stereocenters. The van der Waals surface area contributed by atoms with Crippen molar-refractivity contribution in [3.63, 3.8) is 0 Å². The summed E-state index contributed by atoms with van der Waals surface area (Å²) in [6, 6.07) is 0. The van der Waals surface area contributed by atoms with Crippen molar-refractivity contribution >= 4 is 12.0 Å².